The third kappa shape index (κ3) is 2.39. The summed E-state index contributed by atoms with van der Waals surface area (Å²) in [4.78, 5) is 31.5. The number of hydrogen-bond donors (Lipinski definition) is 1. The number of nitrogens with zero attached hydrogens (tertiary/aromatic N) is 2. The van der Waals surface area contributed by atoms with Crippen molar-refractivity contribution in [1.82, 2.24) is 4.57 Å². The summed E-state index contributed by atoms with van der Waals surface area (Å²) in [6.07, 6.45) is 0.920. The van der Waals surface area contributed by atoms with E-state index in [1.165, 1.54) is 6.92 Å². The molecule has 1 heterocycles. The van der Waals surface area contributed by atoms with Crippen molar-refractivity contribution < 1.29 is 14.8 Å². The minimum atomic E-state index is -1.23. The first-order chi connectivity index (χ1) is 6.91. The van der Waals surface area contributed by atoms with Crippen molar-refractivity contribution in [2.75, 3.05) is 0 Å². The van der Waals surface area contributed by atoms with Crippen LogP contribution in [-0.4, -0.2) is 20.6 Å². The third-order valence-electron chi connectivity index (χ3n) is 1.77. The summed E-state index contributed by atoms with van der Waals surface area (Å²) in [5.41, 5.74) is -0.693. The summed E-state index contributed by atoms with van der Waals surface area (Å²) in [6.45, 7) is 0.815. The monoisotopic (exact) mass is 212 g/mol. The Morgan fingerprint density at radius 3 is 2.73 bits per heavy atom. The number of rotatable bonds is 3. The van der Waals surface area contributed by atoms with Crippen LogP contribution in [-0.2, 0) is 11.3 Å². The molecule has 0 bridgehead atoms. The van der Waals surface area contributed by atoms with Gasteiger partial charge in [-0.1, -0.05) is 0 Å². The van der Waals surface area contributed by atoms with Crippen LogP contribution in [0.3, 0.4) is 0 Å². The van der Waals surface area contributed by atoms with Crippen LogP contribution in [0.2, 0.25) is 0 Å². The van der Waals surface area contributed by atoms with Crippen molar-refractivity contribution >= 4 is 11.7 Å². The summed E-state index contributed by atoms with van der Waals surface area (Å²) >= 11 is 0. The smallest absolute Gasteiger partial charge is 0.323 e. The average molecular weight is 212 g/mol. The lowest BCUT2D eigenvalue weighted by atomic mass is 10.3. The van der Waals surface area contributed by atoms with Gasteiger partial charge in [-0.15, -0.1) is 0 Å². The summed E-state index contributed by atoms with van der Waals surface area (Å²) in [7, 11) is 0. The van der Waals surface area contributed by atoms with Gasteiger partial charge in [0.05, 0.1) is 11.1 Å². The Kier molecular flexibility index (Phi) is 2.84. The van der Waals surface area contributed by atoms with E-state index in [1.807, 2.05) is 0 Å². The maximum Gasteiger partial charge on any atom is 0.323 e. The quantitative estimate of drug-likeness (QED) is 0.567. The van der Waals surface area contributed by atoms with Crippen LogP contribution in [0.1, 0.15) is 5.56 Å². The number of carboxylic acid groups (broad SMARTS) is 1. The second-order valence-electron chi connectivity index (χ2n) is 2.97. The molecule has 7 heteroatoms. The predicted octanol–water partition coefficient (Wildman–Crippen LogP) is 0.150. The first-order valence-electron chi connectivity index (χ1n) is 3.99. The highest BCUT2D eigenvalue weighted by atomic mass is 16.6. The minimum absolute atomic E-state index is 0.144. The summed E-state index contributed by atoms with van der Waals surface area (Å²) in [5.74, 6) is -1.23. The predicted molar refractivity (Wildman–Crippen MR) is 49.7 cm³/mol. The highest BCUT2D eigenvalue weighted by molar-refractivity contribution is 5.66. The molecule has 0 aliphatic carbocycles. The molecule has 0 radical (unpaired) electrons. The zero-order chi connectivity index (χ0) is 11.6. The average Bonchev–Trinajstić information content (AvgIpc) is 2.11. The molecule has 0 atom stereocenters. The van der Waals surface area contributed by atoms with Gasteiger partial charge in [-0.2, -0.15) is 0 Å². The molecular formula is C8H8N2O5. The fraction of sp³-hybridized carbons (Fsp3) is 0.250. The molecule has 0 fully saturated rings. The van der Waals surface area contributed by atoms with Crippen molar-refractivity contribution in [3.8, 4) is 0 Å². The molecule has 0 aliphatic heterocycles. The van der Waals surface area contributed by atoms with Gasteiger partial charge in [-0.3, -0.25) is 24.3 Å². The summed E-state index contributed by atoms with van der Waals surface area (Å²) in [6, 6.07) is 1.11. The molecule has 1 rings (SSSR count). The molecule has 0 amide bonds. The van der Waals surface area contributed by atoms with E-state index in [-0.39, 0.29) is 11.3 Å². The molecule has 0 aromatic carbocycles. The Morgan fingerprint density at radius 1 is 1.67 bits per heavy atom. The van der Waals surface area contributed by atoms with E-state index in [4.69, 9.17) is 5.11 Å². The van der Waals surface area contributed by atoms with Crippen molar-refractivity contribution in [1.29, 1.82) is 0 Å². The Balaban J connectivity index is 3.31. The Hall–Kier alpha value is -2.18. The van der Waals surface area contributed by atoms with Crippen LogP contribution in [0.15, 0.2) is 17.1 Å². The van der Waals surface area contributed by atoms with Gasteiger partial charge in [0.1, 0.15) is 6.54 Å². The van der Waals surface area contributed by atoms with E-state index in [1.54, 1.807) is 0 Å². The van der Waals surface area contributed by atoms with Crippen molar-refractivity contribution in [2.24, 2.45) is 0 Å². The minimum Gasteiger partial charge on any atom is -0.480 e. The first kappa shape index (κ1) is 10.9. The van der Waals surface area contributed by atoms with Crippen LogP contribution < -0.4 is 5.56 Å². The number of nitro groups is 1. The standard InChI is InChI=1S/C8H8N2O5/c1-5-2-6(10(14)15)3-9(8(5)13)4-7(11)12/h2-3H,4H2,1H3,(H,11,12). The molecule has 7 nitrogen and oxygen atoms in total. The maximum absolute atomic E-state index is 11.4. The van der Waals surface area contributed by atoms with Gasteiger partial charge < -0.3 is 5.11 Å². The first-order valence-corrected chi connectivity index (χ1v) is 3.99. The van der Waals surface area contributed by atoms with Crippen LogP contribution in [0.4, 0.5) is 5.69 Å². The molecule has 0 saturated heterocycles. The second kappa shape index (κ2) is 3.91. The van der Waals surface area contributed by atoms with Gasteiger partial charge >= 0.3 is 5.97 Å². The van der Waals surface area contributed by atoms with Crippen molar-refractivity contribution in [3.05, 3.63) is 38.3 Å². The molecule has 0 aliphatic rings. The van der Waals surface area contributed by atoms with Gasteiger partial charge in [0.25, 0.3) is 11.2 Å². The Bertz CT molecular complexity index is 476. The highest BCUT2D eigenvalue weighted by Crippen LogP contribution is 2.09. The van der Waals surface area contributed by atoms with Crippen LogP contribution >= 0.6 is 0 Å². The van der Waals surface area contributed by atoms with Gasteiger partial charge in [-0.25, -0.2) is 0 Å². The van der Waals surface area contributed by atoms with E-state index in [0.717, 1.165) is 16.8 Å². The maximum atomic E-state index is 11.4. The number of hydrogen-bond acceptors (Lipinski definition) is 4. The van der Waals surface area contributed by atoms with Crippen molar-refractivity contribution in [3.63, 3.8) is 0 Å². The van der Waals surface area contributed by atoms with E-state index >= 15 is 0 Å². The van der Waals surface area contributed by atoms with E-state index in [0.29, 0.717) is 0 Å². The molecule has 15 heavy (non-hydrogen) atoms. The molecular weight excluding hydrogens is 204 g/mol. The summed E-state index contributed by atoms with van der Waals surface area (Å²) < 4.78 is 0.801. The third-order valence-corrected chi connectivity index (χ3v) is 1.77. The largest absolute Gasteiger partial charge is 0.480 e. The van der Waals surface area contributed by atoms with Gasteiger partial charge in [0.2, 0.25) is 0 Å². The number of aromatic nitrogens is 1. The molecule has 0 unspecified atom stereocenters. The van der Waals surface area contributed by atoms with E-state index in [9.17, 15) is 19.7 Å². The number of pyridine rings is 1. The van der Waals surface area contributed by atoms with E-state index in [2.05, 4.69) is 0 Å². The van der Waals surface area contributed by atoms with Gasteiger partial charge in [0.15, 0.2) is 0 Å². The lowest BCUT2D eigenvalue weighted by molar-refractivity contribution is -0.385. The molecule has 1 aromatic heterocycles. The fourth-order valence-electron chi connectivity index (χ4n) is 1.13. The number of aryl methyl sites for hydroxylation is 1. The van der Waals surface area contributed by atoms with Crippen LogP contribution in [0.5, 0.6) is 0 Å². The number of carbonyl (C=O) groups is 1. The van der Waals surface area contributed by atoms with Crippen LogP contribution in [0.25, 0.3) is 0 Å². The topological polar surface area (TPSA) is 102 Å². The summed E-state index contributed by atoms with van der Waals surface area (Å²) in [5, 5.41) is 18.9. The Morgan fingerprint density at radius 2 is 2.27 bits per heavy atom. The number of aliphatic carboxylic acids is 1. The Labute approximate surface area is 83.7 Å². The zero-order valence-electron chi connectivity index (χ0n) is 7.84. The van der Waals surface area contributed by atoms with E-state index < -0.39 is 23.0 Å². The molecule has 80 valence electrons. The zero-order valence-corrected chi connectivity index (χ0v) is 7.84. The van der Waals surface area contributed by atoms with Crippen molar-refractivity contribution in [2.45, 2.75) is 13.5 Å². The molecule has 1 N–H and O–H groups in total. The fourth-order valence-corrected chi connectivity index (χ4v) is 1.13. The highest BCUT2D eigenvalue weighted by Gasteiger charge is 2.12. The lowest BCUT2D eigenvalue weighted by Gasteiger charge is -2.02. The van der Waals surface area contributed by atoms with Gasteiger partial charge in [-0.05, 0) is 6.92 Å². The molecule has 0 spiro atoms. The molecule has 0 saturated carbocycles. The molecule has 1 aromatic rings. The lowest BCUT2D eigenvalue weighted by Crippen LogP contribution is -2.25. The second-order valence-corrected chi connectivity index (χ2v) is 2.97. The SMILES string of the molecule is Cc1cc([N+](=O)[O-])cn(CC(=O)O)c1=O. The van der Waals surface area contributed by atoms with Crippen LogP contribution in [0, 0.1) is 17.0 Å². The van der Waals surface area contributed by atoms with Gasteiger partial charge in [0, 0.05) is 11.6 Å². The normalized spacial score (nSPS) is 9.93. The number of carboxylic acids is 1.